The second kappa shape index (κ2) is 18.7. The van der Waals surface area contributed by atoms with Gasteiger partial charge < -0.3 is 46.9 Å². The molecule has 6 rings (SSSR count). The smallest absolute Gasteiger partial charge is 0.475 e. The highest BCUT2D eigenvalue weighted by Crippen LogP contribution is 2.46. The number of benzene rings is 1. The number of carboxylic acid groups (broad SMARTS) is 1. The molecule has 0 saturated heterocycles. The van der Waals surface area contributed by atoms with Gasteiger partial charge in [-0.15, -0.1) is 0 Å². The Hall–Kier alpha value is -5.47. The molecule has 3 aromatic rings. The van der Waals surface area contributed by atoms with Gasteiger partial charge in [-0.2, -0.15) is 13.2 Å². The maximum absolute atomic E-state index is 15.3. The van der Waals surface area contributed by atoms with E-state index < -0.39 is 59.1 Å². The molecule has 0 saturated carbocycles. The van der Waals surface area contributed by atoms with Crippen LogP contribution in [0.15, 0.2) is 16.9 Å². The molecular weight excluding hydrogens is 810 g/mol. The van der Waals surface area contributed by atoms with E-state index in [4.69, 9.17) is 31.1 Å². The van der Waals surface area contributed by atoms with Crippen LogP contribution in [0.4, 0.5) is 17.6 Å². The van der Waals surface area contributed by atoms with Crippen LogP contribution in [0, 0.1) is 18.7 Å². The van der Waals surface area contributed by atoms with Gasteiger partial charge in [0, 0.05) is 35.5 Å². The van der Waals surface area contributed by atoms with Crippen molar-refractivity contribution in [2.45, 2.75) is 122 Å². The molecule has 1 aromatic carbocycles. The van der Waals surface area contributed by atoms with Crippen molar-refractivity contribution < 1.29 is 56.5 Å². The van der Waals surface area contributed by atoms with Crippen LogP contribution in [0.5, 0.6) is 0 Å². The number of ether oxygens (including phenoxy) is 1. The van der Waals surface area contributed by atoms with E-state index in [9.17, 15) is 42.3 Å². The standard InChI is InChI=1S/C39H50FN7O7.C2HF3O2/c1-5-39(53)24-15-29-34-22(17-47(29)37(51)23(24)18-54-38(39)52)32-26(12-11-21-20(4)25(40)16-28(45-34)31(21)32)44-30(48)10-8-14-43-35(49)27(9-6-7-13-41)46-36(50)33(42)19(2)3;3-2(4,5)1(6)7/h15-16,19,26-27,33,53H,5-14,17-18,41-42H2,1-4H3,(H,43,49)(H,44,48)(H,46,50);(H,6,7)/t26-,27-,33-,39-;/m0./s1. The van der Waals surface area contributed by atoms with E-state index in [-0.39, 0.29) is 61.4 Å². The average molecular weight is 862 g/mol. The highest BCUT2D eigenvalue weighted by atomic mass is 19.4. The fourth-order valence-corrected chi connectivity index (χ4v) is 7.88. The average Bonchev–Trinajstić information content (AvgIpc) is 3.58. The Balaban J connectivity index is 0.000000925. The number of hydrogen-bond donors (Lipinski definition) is 7. The van der Waals surface area contributed by atoms with Gasteiger partial charge in [-0.3, -0.25) is 19.2 Å². The van der Waals surface area contributed by atoms with Crippen LogP contribution in [0.25, 0.3) is 22.3 Å². The molecule has 9 N–H and O–H groups in total. The number of pyridine rings is 2. The van der Waals surface area contributed by atoms with Crippen LogP contribution in [0.3, 0.4) is 0 Å². The minimum absolute atomic E-state index is 0.00441. The lowest BCUT2D eigenvalue weighted by atomic mass is 9.81. The number of amides is 3. The summed E-state index contributed by atoms with van der Waals surface area (Å²) in [6.07, 6.45) is -1.93. The van der Waals surface area contributed by atoms with Gasteiger partial charge in [0.15, 0.2) is 5.60 Å². The first-order chi connectivity index (χ1) is 28.7. The summed E-state index contributed by atoms with van der Waals surface area (Å²) in [5.74, 6) is -5.11. The van der Waals surface area contributed by atoms with Crippen LogP contribution in [0.2, 0.25) is 0 Å². The summed E-state index contributed by atoms with van der Waals surface area (Å²) in [5, 5.41) is 27.9. The molecular formula is C41H51F4N7O9. The second-order valence-electron chi connectivity index (χ2n) is 15.8. The number of unbranched alkanes of at least 4 members (excludes halogenated alkanes) is 1. The van der Waals surface area contributed by atoms with E-state index in [2.05, 4.69) is 16.0 Å². The van der Waals surface area contributed by atoms with Crippen molar-refractivity contribution in [2.75, 3.05) is 13.1 Å². The largest absolute Gasteiger partial charge is 0.490 e. The zero-order chi connectivity index (χ0) is 45.1. The molecule has 3 amide bonds. The fourth-order valence-electron chi connectivity index (χ4n) is 7.88. The van der Waals surface area contributed by atoms with Crippen molar-refractivity contribution in [3.05, 3.63) is 61.7 Å². The number of esters is 1. The molecule has 0 fully saturated rings. The Labute approximate surface area is 347 Å². The van der Waals surface area contributed by atoms with Crippen molar-refractivity contribution in [2.24, 2.45) is 17.4 Å². The molecule has 4 heterocycles. The molecule has 0 bridgehead atoms. The summed E-state index contributed by atoms with van der Waals surface area (Å²) in [6.45, 7) is 7.54. The highest BCUT2D eigenvalue weighted by Gasteiger charge is 2.46. The minimum Gasteiger partial charge on any atom is -0.475 e. The molecule has 0 unspecified atom stereocenters. The summed E-state index contributed by atoms with van der Waals surface area (Å²) in [7, 11) is 0. The number of aliphatic hydroxyl groups is 1. The van der Waals surface area contributed by atoms with Crippen molar-refractivity contribution in [3.8, 4) is 11.4 Å². The van der Waals surface area contributed by atoms with Crippen LogP contribution in [-0.2, 0) is 53.9 Å². The zero-order valence-electron chi connectivity index (χ0n) is 34.3. The summed E-state index contributed by atoms with van der Waals surface area (Å²) >= 11 is 0. The molecule has 0 spiro atoms. The van der Waals surface area contributed by atoms with Crippen molar-refractivity contribution in [3.63, 3.8) is 0 Å². The number of aromatic nitrogens is 2. The summed E-state index contributed by atoms with van der Waals surface area (Å²) in [4.78, 5) is 79.5. The molecule has 332 valence electrons. The summed E-state index contributed by atoms with van der Waals surface area (Å²) in [5.41, 5.74) is 13.5. The van der Waals surface area contributed by atoms with Gasteiger partial charge in [-0.25, -0.2) is 19.0 Å². The number of carboxylic acids is 1. The number of cyclic esters (lactones) is 1. The van der Waals surface area contributed by atoms with Crippen molar-refractivity contribution in [1.29, 1.82) is 0 Å². The third-order valence-corrected chi connectivity index (χ3v) is 11.4. The molecule has 4 atom stereocenters. The third-order valence-electron chi connectivity index (χ3n) is 11.4. The number of aryl methyl sites for hydroxylation is 1. The van der Waals surface area contributed by atoms with Gasteiger partial charge >= 0.3 is 18.1 Å². The first-order valence-corrected chi connectivity index (χ1v) is 20.1. The third kappa shape index (κ3) is 9.55. The number of nitrogens with one attached hydrogen (secondary N) is 3. The number of rotatable bonds is 14. The van der Waals surface area contributed by atoms with E-state index >= 15 is 4.39 Å². The number of halogens is 4. The van der Waals surface area contributed by atoms with E-state index in [1.165, 1.54) is 10.6 Å². The summed E-state index contributed by atoms with van der Waals surface area (Å²) < 4.78 is 53.7. The van der Waals surface area contributed by atoms with Gasteiger partial charge in [0.2, 0.25) is 17.7 Å². The van der Waals surface area contributed by atoms with Gasteiger partial charge in [0.25, 0.3) is 5.56 Å². The molecule has 3 aliphatic rings. The van der Waals surface area contributed by atoms with Gasteiger partial charge in [-0.05, 0) is 87.1 Å². The number of hydrogen-bond acceptors (Lipinski definition) is 11. The van der Waals surface area contributed by atoms with E-state index in [0.717, 1.165) is 16.5 Å². The number of alkyl halides is 3. The van der Waals surface area contributed by atoms with Gasteiger partial charge in [0.05, 0.1) is 41.1 Å². The topological polar surface area (TPSA) is 258 Å². The SMILES string of the molecule is CC[C@@]1(O)C(=O)OCc2c1cc1n(c2=O)Cc2c-1nc1cc(F)c(C)c3c1c2[C@@H](NC(=O)CCCNC(=O)[C@H](CCCCN)NC(=O)[C@@H](N)C(C)C)CC3.O=C(O)C(F)(F)F. The quantitative estimate of drug-likeness (QED) is 0.0549. The predicted octanol–water partition coefficient (Wildman–Crippen LogP) is 2.76. The van der Waals surface area contributed by atoms with Crippen molar-refractivity contribution >= 4 is 40.6 Å². The number of carbonyl (C=O) groups is 5. The number of nitrogens with two attached hydrogens (primary N) is 2. The Morgan fingerprint density at radius 3 is 2.39 bits per heavy atom. The predicted molar refractivity (Wildman–Crippen MR) is 212 cm³/mol. The van der Waals surface area contributed by atoms with Crippen LogP contribution in [-0.4, -0.2) is 80.8 Å². The molecule has 2 aromatic heterocycles. The molecule has 20 heteroatoms. The molecule has 2 aliphatic heterocycles. The second-order valence-corrected chi connectivity index (χ2v) is 15.8. The van der Waals surface area contributed by atoms with Crippen LogP contribution >= 0.6 is 0 Å². The maximum Gasteiger partial charge on any atom is 0.490 e. The van der Waals surface area contributed by atoms with Gasteiger partial charge in [0.1, 0.15) is 18.5 Å². The van der Waals surface area contributed by atoms with Gasteiger partial charge in [-0.1, -0.05) is 20.8 Å². The Bertz CT molecular complexity index is 2300. The normalized spacial score (nSPS) is 18.5. The van der Waals surface area contributed by atoms with Crippen molar-refractivity contribution in [1.82, 2.24) is 25.5 Å². The van der Waals surface area contributed by atoms with Crippen LogP contribution in [0.1, 0.15) is 105 Å². The number of carbonyl (C=O) groups excluding carboxylic acids is 4. The van der Waals surface area contributed by atoms with E-state index in [0.29, 0.717) is 73.1 Å². The highest BCUT2D eigenvalue weighted by molar-refractivity contribution is 5.94. The molecule has 1 aliphatic carbocycles. The minimum atomic E-state index is -5.08. The van der Waals surface area contributed by atoms with E-state index in [1.54, 1.807) is 19.9 Å². The molecule has 0 radical (unpaired) electrons. The Morgan fingerprint density at radius 1 is 1.08 bits per heavy atom. The lowest BCUT2D eigenvalue weighted by molar-refractivity contribution is -0.192. The first kappa shape index (κ1) is 46.6. The van der Waals surface area contributed by atoms with E-state index in [1.807, 2.05) is 13.8 Å². The fraction of sp³-hybridized carbons (Fsp3) is 0.537. The lowest BCUT2D eigenvalue weighted by Crippen LogP contribution is -2.53. The lowest BCUT2D eigenvalue weighted by Gasteiger charge is -2.31. The first-order valence-electron chi connectivity index (χ1n) is 20.1. The van der Waals surface area contributed by atoms with Crippen LogP contribution < -0.4 is 33.0 Å². The monoisotopic (exact) mass is 861 g/mol. The maximum atomic E-state index is 15.3. The molecule has 61 heavy (non-hydrogen) atoms. The Kier molecular flexibility index (Phi) is 14.2. The zero-order valence-corrected chi connectivity index (χ0v) is 34.3. The number of nitrogens with zero attached hydrogens (tertiary/aromatic N) is 2. The molecule has 16 nitrogen and oxygen atoms in total. The number of fused-ring (bicyclic) bond motifs is 5. The number of aliphatic carboxylic acids is 1. The summed E-state index contributed by atoms with van der Waals surface area (Å²) in [6, 6.07) is 0.971. The Morgan fingerprint density at radius 2 is 1.77 bits per heavy atom.